The zero-order valence-corrected chi connectivity index (χ0v) is 10.8. The Balaban J connectivity index is 2.61. The van der Waals surface area contributed by atoms with Crippen LogP contribution in [0.2, 0.25) is 0 Å². The van der Waals surface area contributed by atoms with Crippen LogP contribution < -0.4 is 0 Å². The van der Waals surface area contributed by atoms with Gasteiger partial charge in [0.05, 0.1) is 13.2 Å². The van der Waals surface area contributed by atoms with Gasteiger partial charge >= 0.3 is 0 Å². The van der Waals surface area contributed by atoms with E-state index in [2.05, 4.69) is 9.88 Å². The maximum atomic E-state index is 9.26. The predicted molar refractivity (Wildman–Crippen MR) is 67.6 cm³/mol. The maximum absolute atomic E-state index is 9.26. The third-order valence-corrected chi connectivity index (χ3v) is 2.97. The summed E-state index contributed by atoms with van der Waals surface area (Å²) in [4.78, 5) is 6.34. The molecule has 0 aliphatic carbocycles. The van der Waals surface area contributed by atoms with E-state index in [1.165, 1.54) is 5.56 Å². The van der Waals surface area contributed by atoms with Gasteiger partial charge in [0.2, 0.25) is 0 Å². The fourth-order valence-corrected chi connectivity index (χ4v) is 1.83. The average molecular weight is 238 g/mol. The predicted octanol–water partition coefficient (Wildman–Crippen LogP) is 0.813. The lowest BCUT2D eigenvalue weighted by Crippen LogP contribution is -2.38. The Morgan fingerprint density at radius 2 is 2.00 bits per heavy atom. The smallest absolute Gasteiger partial charge is 0.0519 e. The second-order valence-electron chi connectivity index (χ2n) is 5.05. The molecule has 17 heavy (non-hydrogen) atoms. The Morgan fingerprint density at radius 3 is 2.53 bits per heavy atom. The molecule has 0 atom stereocenters. The zero-order valence-electron chi connectivity index (χ0n) is 10.8. The molecule has 2 N–H and O–H groups in total. The van der Waals surface area contributed by atoms with Crippen molar-refractivity contribution in [1.82, 2.24) is 9.88 Å². The number of aryl methyl sites for hydroxylation is 1. The molecule has 1 aromatic heterocycles. The monoisotopic (exact) mass is 238 g/mol. The van der Waals surface area contributed by atoms with Gasteiger partial charge in [0.1, 0.15) is 0 Å². The van der Waals surface area contributed by atoms with Gasteiger partial charge in [0.15, 0.2) is 0 Å². The summed E-state index contributed by atoms with van der Waals surface area (Å²) >= 11 is 0. The first kappa shape index (κ1) is 14.1. The van der Waals surface area contributed by atoms with Crippen molar-refractivity contribution in [3.05, 3.63) is 29.6 Å². The van der Waals surface area contributed by atoms with Crippen LogP contribution in [0.15, 0.2) is 18.3 Å². The molecule has 0 aliphatic heterocycles. The van der Waals surface area contributed by atoms with Gasteiger partial charge in [-0.2, -0.15) is 0 Å². The van der Waals surface area contributed by atoms with Crippen molar-refractivity contribution in [3.8, 4) is 0 Å². The summed E-state index contributed by atoms with van der Waals surface area (Å²) in [7, 11) is 1.98. The van der Waals surface area contributed by atoms with Crippen molar-refractivity contribution < 1.29 is 10.2 Å². The van der Waals surface area contributed by atoms with Gasteiger partial charge < -0.3 is 15.1 Å². The number of aliphatic hydroxyl groups excluding tert-OH is 2. The van der Waals surface area contributed by atoms with E-state index in [9.17, 15) is 10.2 Å². The molecule has 0 unspecified atom stereocenters. The van der Waals surface area contributed by atoms with Crippen molar-refractivity contribution in [3.63, 3.8) is 0 Å². The molecule has 0 bridgehead atoms. The van der Waals surface area contributed by atoms with Crippen LogP contribution in [0.4, 0.5) is 0 Å². The van der Waals surface area contributed by atoms with Crippen LogP contribution in [0, 0.1) is 12.3 Å². The molecule has 0 fully saturated rings. The fraction of sp³-hybridized carbons (Fsp3) is 0.615. The first-order valence-electron chi connectivity index (χ1n) is 5.81. The summed E-state index contributed by atoms with van der Waals surface area (Å²) in [6, 6.07) is 3.97. The van der Waals surface area contributed by atoms with E-state index in [0.717, 1.165) is 12.2 Å². The molecule has 0 spiro atoms. The van der Waals surface area contributed by atoms with Crippen molar-refractivity contribution >= 4 is 0 Å². The van der Waals surface area contributed by atoms with Crippen LogP contribution in [0.1, 0.15) is 18.2 Å². The van der Waals surface area contributed by atoms with E-state index >= 15 is 0 Å². The normalized spacial score (nSPS) is 12.1. The fourth-order valence-electron chi connectivity index (χ4n) is 1.83. The highest BCUT2D eigenvalue weighted by atomic mass is 16.3. The highest BCUT2D eigenvalue weighted by Gasteiger charge is 2.24. The molecule has 0 saturated heterocycles. The van der Waals surface area contributed by atoms with Crippen LogP contribution in [-0.4, -0.2) is 46.9 Å². The summed E-state index contributed by atoms with van der Waals surface area (Å²) in [6.07, 6.45) is 1.78. The van der Waals surface area contributed by atoms with E-state index in [4.69, 9.17) is 0 Å². The standard InChI is InChI=1S/C13H22N2O2/c1-11-12(5-4-6-14-11)7-15(3)8-13(2,9-16)10-17/h4-6,16-17H,7-10H2,1-3H3. The molecular weight excluding hydrogens is 216 g/mol. The molecule has 1 aromatic rings. The quantitative estimate of drug-likeness (QED) is 0.770. The van der Waals surface area contributed by atoms with Gasteiger partial charge in [-0.15, -0.1) is 0 Å². The number of aliphatic hydroxyl groups is 2. The number of rotatable bonds is 6. The lowest BCUT2D eigenvalue weighted by Gasteiger charge is -2.30. The lowest BCUT2D eigenvalue weighted by molar-refractivity contribution is 0.0401. The average Bonchev–Trinajstić information content (AvgIpc) is 2.32. The maximum Gasteiger partial charge on any atom is 0.0519 e. The molecule has 0 amide bonds. The Morgan fingerprint density at radius 1 is 1.35 bits per heavy atom. The second-order valence-corrected chi connectivity index (χ2v) is 5.05. The number of pyridine rings is 1. The van der Waals surface area contributed by atoms with E-state index in [1.54, 1.807) is 6.20 Å². The van der Waals surface area contributed by atoms with Crippen LogP contribution in [0.25, 0.3) is 0 Å². The molecule has 1 heterocycles. The lowest BCUT2D eigenvalue weighted by atomic mass is 9.92. The minimum Gasteiger partial charge on any atom is -0.396 e. The van der Waals surface area contributed by atoms with Crippen molar-refractivity contribution in [2.75, 3.05) is 26.8 Å². The van der Waals surface area contributed by atoms with Crippen molar-refractivity contribution in [1.29, 1.82) is 0 Å². The van der Waals surface area contributed by atoms with Crippen molar-refractivity contribution in [2.45, 2.75) is 20.4 Å². The second kappa shape index (κ2) is 6.10. The SMILES string of the molecule is Cc1ncccc1CN(C)CC(C)(CO)CO. The third-order valence-electron chi connectivity index (χ3n) is 2.97. The molecular formula is C13H22N2O2. The molecule has 0 saturated carbocycles. The third kappa shape index (κ3) is 4.07. The first-order valence-corrected chi connectivity index (χ1v) is 5.81. The summed E-state index contributed by atoms with van der Waals surface area (Å²) in [5.74, 6) is 0. The summed E-state index contributed by atoms with van der Waals surface area (Å²) in [5, 5.41) is 18.5. The zero-order chi connectivity index (χ0) is 12.9. The van der Waals surface area contributed by atoms with Crippen LogP contribution in [0.3, 0.4) is 0 Å². The molecule has 4 nitrogen and oxygen atoms in total. The van der Waals surface area contributed by atoms with Gasteiger partial charge in [-0.05, 0) is 25.6 Å². The van der Waals surface area contributed by atoms with Gasteiger partial charge in [-0.3, -0.25) is 4.98 Å². The van der Waals surface area contributed by atoms with Crippen LogP contribution in [0.5, 0.6) is 0 Å². The largest absolute Gasteiger partial charge is 0.396 e. The Bertz CT molecular complexity index is 351. The number of nitrogens with zero attached hydrogens (tertiary/aromatic N) is 2. The van der Waals surface area contributed by atoms with Gasteiger partial charge in [0, 0.05) is 30.4 Å². The molecule has 0 aliphatic rings. The van der Waals surface area contributed by atoms with Crippen molar-refractivity contribution in [2.24, 2.45) is 5.41 Å². The molecule has 1 rings (SSSR count). The summed E-state index contributed by atoms with van der Waals surface area (Å²) in [5.41, 5.74) is 1.74. The Hall–Kier alpha value is -0.970. The Kier molecular flexibility index (Phi) is 5.05. The van der Waals surface area contributed by atoms with E-state index < -0.39 is 5.41 Å². The Labute approximate surface area is 103 Å². The summed E-state index contributed by atoms with van der Waals surface area (Å²) in [6.45, 7) is 5.25. The van der Waals surface area contributed by atoms with Gasteiger partial charge in [-0.25, -0.2) is 0 Å². The highest BCUT2D eigenvalue weighted by Crippen LogP contribution is 2.17. The first-order chi connectivity index (χ1) is 8.00. The molecule has 4 heteroatoms. The minimum atomic E-state index is -0.454. The van der Waals surface area contributed by atoms with E-state index in [1.807, 2.05) is 33.0 Å². The van der Waals surface area contributed by atoms with Gasteiger partial charge in [0.25, 0.3) is 0 Å². The van der Waals surface area contributed by atoms with Gasteiger partial charge in [-0.1, -0.05) is 13.0 Å². The summed E-state index contributed by atoms with van der Waals surface area (Å²) < 4.78 is 0. The number of hydrogen-bond acceptors (Lipinski definition) is 4. The molecule has 0 radical (unpaired) electrons. The minimum absolute atomic E-state index is 0.0140. The van der Waals surface area contributed by atoms with E-state index in [0.29, 0.717) is 6.54 Å². The van der Waals surface area contributed by atoms with E-state index in [-0.39, 0.29) is 13.2 Å². The topological polar surface area (TPSA) is 56.6 Å². The van der Waals surface area contributed by atoms with Crippen LogP contribution >= 0.6 is 0 Å². The number of hydrogen-bond donors (Lipinski definition) is 2. The molecule has 0 aromatic carbocycles. The number of aromatic nitrogens is 1. The molecule has 96 valence electrons. The highest BCUT2D eigenvalue weighted by molar-refractivity contribution is 5.17. The van der Waals surface area contributed by atoms with Crippen LogP contribution in [-0.2, 0) is 6.54 Å².